The van der Waals surface area contributed by atoms with E-state index in [1.807, 2.05) is 26.0 Å². The Balaban J connectivity index is 2.31. The molecule has 0 amide bonds. The number of pyridine rings is 1. The van der Waals surface area contributed by atoms with Gasteiger partial charge in [0.1, 0.15) is 17.3 Å². The van der Waals surface area contributed by atoms with Crippen LogP contribution in [0.1, 0.15) is 16.8 Å². The summed E-state index contributed by atoms with van der Waals surface area (Å²) in [7, 11) is 0. The van der Waals surface area contributed by atoms with Crippen LogP contribution in [-0.4, -0.2) is 10.8 Å². The van der Waals surface area contributed by atoms with Gasteiger partial charge in [-0.25, -0.2) is 4.98 Å². The molecular weight excluding hydrogens is 262 g/mol. The van der Waals surface area contributed by atoms with Crippen LogP contribution in [0.2, 0.25) is 5.02 Å². The zero-order chi connectivity index (χ0) is 14.0. The summed E-state index contributed by atoms with van der Waals surface area (Å²) in [6.07, 6.45) is 0. The van der Waals surface area contributed by atoms with E-state index in [0.29, 0.717) is 17.3 Å². The van der Waals surface area contributed by atoms with E-state index < -0.39 is 0 Å². The fraction of sp³-hybridized carbons (Fsp3) is 0.143. The Hall–Kier alpha value is -2.07. The highest BCUT2D eigenvalue weighted by Gasteiger charge is 2.06. The van der Waals surface area contributed by atoms with Gasteiger partial charge in [0.15, 0.2) is 0 Å². The Kier molecular flexibility index (Phi) is 3.71. The number of aromatic nitrogens is 1. The molecule has 98 valence electrons. The van der Waals surface area contributed by atoms with Gasteiger partial charge in [0.25, 0.3) is 0 Å². The van der Waals surface area contributed by atoms with Crippen molar-refractivity contribution in [3.8, 4) is 11.6 Å². The van der Waals surface area contributed by atoms with Crippen molar-refractivity contribution >= 4 is 17.4 Å². The Morgan fingerprint density at radius 1 is 1.26 bits per heavy atom. The molecule has 0 spiro atoms. The van der Waals surface area contributed by atoms with Gasteiger partial charge in [-0.3, -0.25) is 5.41 Å². The minimum atomic E-state index is -0.0890. The highest BCUT2D eigenvalue weighted by Crippen LogP contribution is 2.28. The zero-order valence-electron chi connectivity index (χ0n) is 10.7. The number of nitrogens with zero attached hydrogens (tertiary/aromatic N) is 1. The molecule has 4 nitrogen and oxygen atoms in total. The predicted octanol–water partition coefficient (Wildman–Crippen LogP) is 3.43. The van der Waals surface area contributed by atoms with Gasteiger partial charge in [-0.15, -0.1) is 0 Å². The third-order valence-corrected chi connectivity index (χ3v) is 3.23. The highest BCUT2D eigenvalue weighted by molar-refractivity contribution is 6.32. The highest BCUT2D eigenvalue weighted by atomic mass is 35.5. The van der Waals surface area contributed by atoms with Crippen LogP contribution in [0.15, 0.2) is 30.3 Å². The lowest BCUT2D eigenvalue weighted by molar-refractivity contribution is 0.462. The first-order valence-electron chi connectivity index (χ1n) is 5.73. The number of aryl methyl sites for hydroxylation is 2. The van der Waals surface area contributed by atoms with Crippen molar-refractivity contribution in [1.29, 1.82) is 5.41 Å². The van der Waals surface area contributed by atoms with E-state index in [0.717, 1.165) is 16.1 Å². The monoisotopic (exact) mass is 275 g/mol. The third kappa shape index (κ3) is 3.03. The maximum Gasteiger partial charge on any atom is 0.219 e. The maximum atomic E-state index is 7.35. The van der Waals surface area contributed by atoms with Crippen LogP contribution >= 0.6 is 11.6 Å². The van der Waals surface area contributed by atoms with Crippen molar-refractivity contribution in [2.24, 2.45) is 5.73 Å². The first-order chi connectivity index (χ1) is 8.97. The molecule has 1 aromatic carbocycles. The van der Waals surface area contributed by atoms with Crippen LogP contribution in [0.5, 0.6) is 11.6 Å². The second-order valence-electron chi connectivity index (χ2n) is 4.25. The average molecular weight is 276 g/mol. The lowest BCUT2D eigenvalue weighted by Crippen LogP contribution is -2.13. The molecule has 0 bridgehead atoms. The summed E-state index contributed by atoms with van der Waals surface area (Å²) < 4.78 is 5.66. The second kappa shape index (κ2) is 5.28. The van der Waals surface area contributed by atoms with E-state index in [1.165, 1.54) is 0 Å². The van der Waals surface area contributed by atoms with Crippen molar-refractivity contribution in [2.45, 2.75) is 13.8 Å². The number of nitrogen functional groups attached to an aromatic ring is 1. The van der Waals surface area contributed by atoms with E-state index in [4.69, 9.17) is 27.5 Å². The summed E-state index contributed by atoms with van der Waals surface area (Å²) in [6.45, 7) is 3.84. The molecule has 19 heavy (non-hydrogen) atoms. The predicted molar refractivity (Wildman–Crippen MR) is 76.3 cm³/mol. The molecule has 2 rings (SSSR count). The number of rotatable bonds is 3. The lowest BCUT2D eigenvalue weighted by Gasteiger charge is -2.09. The van der Waals surface area contributed by atoms with E-state index >= 15 is 0 Å². The molecule has 0 radical (unpaired) electrons. The quantitative estimate of drug-likeness (QED) is 0.666. The van der Waals surface area contributed by atoms with E-state index in [2.05, 4.69) is 4.98 Å². The molecule has 0 atom stereocenters. The van der Waals surface area contributed by atoms with Gasteiger partial charge in [-0.2, -0.15) is 0 Å². The average Bonchev–Trinajstić information content (AvgIpc) is 2.36. The van der Waals surface area contributed by atoms with E-state index in [-0.39, 0.29) is 5.84 Å². The van der Waals surface area contributed by atoms with Gasteiger partial charge in [0.05, 0.1) is 0 Å². The first kappa shape index (κ1) is 13.4. The van der Waals surface area contributed by atoms with Crippen LogP contribution in [0.4, 0.5) is 0 Å². The number of nitrogens with two attached hydrogens (primary N) is 1. The Labute approximate surface area is 116 Å². The van der Waals surface area contributed by atoms with Gasteiger partial charge in [-0.1, -0.05) is 17.7 Å². The largest absolute Gasteiger partial charge is 0.439 e. The number of nitrogens with one attached hydrogen (secondary N) is 1. The number of hydrogen-bond donors (Lipinski definition) is 2. The molecule has 1 aromatic heterocycles. The Bertz CT molecular complexity index is 617. The SMILES string of the molecule is Cc1cc(Oc2cccc(C(=N)N)n2)cc(C)c1Cl. The molecular formula is C14H14ClN3O. The minimum Gasteiger partial charge on any atom is -0.439 e. The summed E-state index contributed by atoms with van der Waals surface area (Å²) >= 11 is 6.10. The molecule has 0 unspecified atom stereocenters. The van der Waals surface area contributed by atoms with Crippen molar-refractivity contribution in [3.05, 3.63) is 52.2 Å². The molecule has 0 fully saturated rings. The van der Waals surface area contributed by atoms with Crippen LogP contribution in [0, 0.1) is 19.3 Å². The molecule has 0 aliphatic rings. The first-order valence-corrected chi connectivity index (χ1v) is 6.11. The normalized spacial score (nSPS) is 10.3. The van der Waals surface area contributed by atoms with Gasteiger partial charge < -0.3 is 10.5 Å². The number of hydrogen-bond acceptors (Lipinski definition) is 3. The number of ether oxygens (including phenoxy) is 1. The molecule has 0 aliphatic carbocycles. The van der Waals surface area contributed by atoms with Gasteiger partial charge >= 0.3 is 0 Å². The molecule has 5 heteroatoms. The summed E-state index contributed by atoms with van der Waals surface area (Å²) in [4.78, 5) is 4.14. The van der Waals surface area contributed by atoms with E-state index in [1.54, 1.807) is 18.2 Å². The van der Waals surface area contributed by atoms with Gasteiger partial charge in [0.2, 0.25) is 5.88 Å². The summed E-state index contributed by atoms with van der Waals surface area (Å²) in [5.41, 5.74) is 7.67. The molecule has 0 aliphatic heterocycles. The van der Waals surface area contributed by atoms with Gasteiger partial charge in [-0.05, 0) is 43.2 Å². The van der Waals surface area contributed by atoms with Crippen LogP contribution in [0.3, 0.4) is 0 Å². The molecule has 2 aromatic rings. The zero-order valence-corrected chi connectivity index (χ0v) is 11.5. The number of halogens is 1. The molecule has 0 saturated heterocycles. The lowest BCUT2D eigenvalue weighted by atomic mass is 10.1. The Morgan fingerprint density at radius 2 is 1.89 bits per heavy atom. The molecule has 3 N–H and O–H groups in total. The van der Waals surface area contributed by atoms with Crippen LogP contribution < -0.4 is 10.5 Å². The fourth-order valence-electron chi connectivity index (χ4n) is 1.71. The van der Waals surface area contributed by atoms with Crippen molar-refractivity contribution in [3.63, 3.8) is 0 Å². The van der Waals surface area contributed by atoms with E-state index in [9.17, 15) is 0 Å². The topological polar surface area (TPSA) is 72.0 Å². The van der Waals surface area contributed by atoms with Crippen molar-refractivity contribution < 1.29 is 4.74 Å². The van der Waals surface area contributed by atoms with Crippen LogP contribution in [-0.2, 0) is 0 Å². The number of amidine groups is 1. The Morgan fingerprint density at radius 3 is 2.47 bits per heavy atom. The minimum absolute atomic E-state index is 0.0890. The fourth-order valence-corrected chi connectivity index (χ4v) is 1.82. The summed E-state index contributed by atoms with van der Waals surface area (Å²) in [6, 6.07) is 8.81. The standard InChI is InChI=1S/C14H14ClN3O/c1-8-6-10(7-9(2)13(8)15)19-12-5-3-4-11(18-12)14(16)17/h3-7H,1-2H3,(H3,16,17). The second-order valence-corrected chi connectivity index (χ2v) is 4.63. The smallest absolute Gasteiger partial charge is 0.219 e. The summed E-state index contributed by atoms with van der Waals surface area (Å²) in [5.74, 6) is 0.968. The van der Waals surface area contributed by atoms with Crippen LogP contribution in [0.25, 0.3) is 0 Å². The van der Waals surface area contributed by atoms with Gasteiger partial charge in [0, 0.05) is 11.1 Å². The van der Waals surface area contributed by atoms with Crippen molar-refractivity contribution in [2.75, 3.05) is 0 Å². The van der Waals surface area contributed by atoms with Crippen molar-refractivity contribution in [1.82, 2.24) is 4.98 Å². The molecule has 1 heterocycles. The molecule has 0 saturated carbocycles. The third-order valence-electron chi connectivity index (χ3n) is 2.63. The maximum absolute atomic E-state index is 7.35. The summed E-state index contributed by atoms with van der Waals surface area (Å²) in [5, 5.41) is 8.08. The number of benzene rings is 1.